The third kappa shape index (κ3) is 15.2. The molecule has 160 valence electrons. The molecule has 2 rings (SSSR count). The van der Waals surface area contributed by atoms with Gasteiger partial charge in [0.15, 0.2) is 0 Å². The zero-order valence-electron chi connectivity index (χ0n) is 17.4. The summed E-state index contributed by atoms with van der Waals surface area (Å²) in [5.74, 6) is 0.367. The van der Waals surface area contributed by atoms with Crippen LogP contribution >= 0.6 is 0 Å². The maximum Gasteiger partial charge on any atom is 1.00 e. The average Bonchev–Trinajstić information content (AvgIpc) is 2.63. The fourth-order valence-electron chi connectivity index (χ4n) is 2.20. The molecule has 0 aliphatic rings. The molecule has 13 heteroatoms. The SMILES string of the molecule is O=S(=O)([O-])CCCOc1ccc([Te]c2ccc(OCCCS(=O)(=O)[O-])cc2)cc1.[Na+].[Na+]. The van der Waals surface area contributed by atoms with Crippen molar-refractivity contribution in [1.82, 2.24) is 0 Å². The molecule has 0 saturated heterocycles. The van der Waals surface area contributed by atoms with E-state index in [9.17, 15) is 25.9 Å². The van der Waals surface area contributed by atoms with E-state index in [0.29, 0.717) is 11.5 Å². The maximum absolute atomic E-state index is 10.5. The van der Waals surface area contributed by atoms with Crippen LogP contribution in [-0.2, 0) is 20.2 Å². The van der Waals surface area contributed by atoms with Crippen LogP contribution in [0.4, 0.5) is 0 Å². The van der Waals surface area contributed by atoms with Crippen molar-refractivity contribution in [3.05, 3.63) is 48.5 Å². The Morgan fingerprint density at radius 2 is 0.968 bits per heavy atom. The molecule has 0 radical (unpaired) electrons. The molecule has 8 nitrogen and oxygen atoms in total. The summed E-state index contributed by atoms with van der Waals surface area (Å²) in [7, 11) is -8.41. The Labute approximate surface area is 237 Å². The summed E-state index contributed by atoms with van der Waals surface area (Å²) in [6.45, 7) is 0.333. The van der Waals surface area contributed by atoms with Gasteiger partial charge in [0.05, 0.1) is 0 Å². The van der Waals surface area contributed by atoms with Crippen molar-refractivity contribution in [3.63, 3.8) is 0 Å². The van der Waals surface area contributed by atoms with Crippen LogP contribution in [0.5, 0.6) is 11.5 Å². The molecular weight excluding hydrogens is 582 g/mol. The quantitative estimate of drug-likeness (QED) is 0.133. The average molecular weight is 602 g/mol. The van der Waals surface area contributed by atoms with Crippen LogP contribution in [0.25, 0.3) is 0 Å². The second-order valence-corrected chi connectivity index (χ2v) is 12.3. The van der Waals surface area contributed by atoms with E-state index in [2.05, 4.69) is 0 Å². The normalized spacial score (nSPS) is 11.2. The maximum atomic E-state index is 10.5. The summed E-state index contributed by atoms with van der Waals surface area (Å²) in [5, 5.41) is 0. The first-order chi connectivity index (χ1) is 13.6. The number of ether oxygens (including phenoxy) is 2. The summed E-state index contributed by atoms with van der Waals surface area (Å²) in [4.78, 5) is 0. The number of benzene rings is 2. The fraction of sp³-hybridized carbons (Fsp3) is 0.333. The Balaban J connectivity index is 0.00000450. The predicted octanol–water partition coefficient (Wildman–Crippen LogP) is -6.02. The van der Waals surface area contributed by atoms with Gasteiger partial charge in [-0.3, -0.25) is 0 Å². The minimum absolute atomic E-state index is 0. The first-order valence-corrected chi connectivity index (χ1v) is 14.1. The van der Waals surface area contributed by atoms with Gasteiger partial charge in [-0.1, -0.05) is 0 Å². The van der Waals surface area contributed by atoms with E-state index < -0.39 is 52.7 Å². The summed E-state index contributed by atoms with van der Waals surface area (Å²) < 4.78 is 76.4. The Bertz CT molecular complexity index is 901. The van der Waals surface area contributed by atoms with Gasteiger partial charge in [0.2, 0.25) is 0 Å². The van der Waals surface area contributed by atoms with E-state index in [1.165, 1.54) is 7.22 Å². The molecule has 0 unspecified atom stereocenters. The van der Waals surface area contributed by atoms with Crippen molar-refractivity contribution < 1.29 is 94.5 Å². The molecule has 0 bridgehead atoms. The Hall–Kier alpha value is 0.650. The second kappa shape index (κ2) is 15.5. The van der Waals surface area contributed by atoms with E-state index in [1.54, 1.807) is 0 Å². The molecule has 0 aromatic heterocycles. The second-order valence-electron chi connectivity index (χ2n) is 5.97. The third-order valence-corrected chi connectivity index (χ3v) is 7.97. The largest absolute Gasteiger partial charge is 1.00 e. The molecule has 2 aromatic carbocycles. The topological polar surface area (TPSA) is 133 Å². The first kappa shape index (κ1) is 31.6. The minimum Gasteiger partial charge on any atom is 1.00 e. The summed E-state index contributed by atoms with van der Waals surface area (Å²) >= 11 is -0.614. The smallest absolute Gasteiger partial charge is 1.00 e. The van der Waals surface area contributed by atoms with Crippen LogP contribution in [0.15, 0.2) is 48.5 Å². The Morgan fingerprint density at radius 3 is 1.26 bits per heavy atom. The molecule has 0 aliphatic carbocycles. The molecule has 0 amide bonds. The van der Waals surface area contributed by atoms with Crippen molar-refractivity contribution in [1.29, 1.82) is 0 Å². The summed E-state index contributed by atoms with van der Waals surface area (Å²) in [6, 6.07) is 15.1. The Kier molecular flexibility index (Phi) is 15.9. The molecular formula is C18H20Na2O8S2Te. The molecule has 0 aliphatic heterocycles. The standard InChI is InChI=1S/C18H22O8S2Te.2Na/c19-27(20,21)13-1-11-25-15-3-7-17(8-4-15)29-18-9-5-16(6-10-18)26-12-2-14-28(22,23)24;;/h3-10H,1-2,11-14H2,(H,19,20,21)(H,22,23,24);;/q;2*+1/p-2. The van der Waals surface area contributed by atoms with Crippen LogP contribution in [0.3, 0.4) is 0 Å². The van der Waals surface area contributed by atoms with Crippen LogP contribution in [0, 0.1) is 0 Å². The molecule has 0 fully saturated rings. The minimum atomic E-state index is -4.21. The van der Waals surface area contributed by atoms with Crippen molar-refractivity contribution in [2.24, 2.45) is 0 Å². The van der Waals surface area contributed by atoms with Gasteiger partial charge in [0, 0.05) is 0 Å². The molecule has 31 heavy (non-hydrogen) atoms. The zero-order valence-corrected chi connectivity index (χ0v) is 25.3. The molecule has 0 heterocycles. The van der Waals surface area contributed by atoms with Gasteiger partial charge in [0.1, 0.15) is 0 Å². The first-order valence-electron chi connectivity index (χ1n) is 8.61. The molecule has 0 atom stereocenters. The Morgan fingerprint density at radius 1 is 0.645 bits per heavy atom. The van der Waals surface area contributed by atoms with Crippen LogP contribution in [-0.4, -0.2) is 71.6 Å². The summed E-state index contributed by atoms with van der Waals surface area (Å²) in [5.41, 5.74) is 0. The van der Waals surface area contributed by atoms with Crippen molar-refractivity contribution >= 4 is 48.4 Å². The van der Waals surface area contributed by atoms with Gasteiger partial charge < -0.3 is 0 Å². The number of hydrogen-bond acceptors (Lipinski definition) is 8. The fourth-order valence-corrected chi connectivity index (χ4v) is 5.47. The molecule has 0 N–H and O–H groups in total. The van der Waals surface area contributed by atoms with Gasteiger partial charge >= 0.3 is 241 Å². The van der Waals surface area contributed by atoms with Gasteiger partial charge in [-0.05, 0) is 0 Å². The van der Waals surface area contributed by atoms with Crippen molar-refractivity contribution in [3.8, 4) is 11.5 Å². The van der Waals surface area contributed by atoms with E-state index in [-0.39, 0.29) is 85.2 Å². The molecule has 2 aromatic rings. The van der Waals surface area contributed by atoms with Gasteiger partial charge in [0.25, 0.3) is 0 Å². The van der Waals surface area contributed by atoms with E-state index >= 15 is 0 Å². The zero-order chi connectivity index (χ0) is 21.3. The van der Waals surface area contributed by atoms with Gasteiger partial charge in [-0.25, -0.2) is 0 Å². The van der Waals surface area contributed by atoms with Crippen molar-refractivity contribution in [2.75, 3.05) is 24.7 Å². The van der Waals surface area contributed by atoms with Gasteiger partial charge in [-0.2, -0.15) is 0 Å². The van der Waals surface area contributed by atoms with E-state index in [4.69, 9.17) is 9.47 Å². The monoisotopic (exact) mass is 604 g/mol. The van der Waals surface area contributed by atoms with E-state index in [1.807, 2.05) is 48.5 Å². The number of rotatable bonds is 12. The predicted molar refractivity (Wildman–Crippen MR) is 107 cm³/mol. The molecule has 0 saturated carbocycles. The third-order valence-electron chi connectivity index (χ3n) is 3.50. The number of hydrogen-bond donors (Lipinski definition) is 0. The van der Waals surface area contributed by atoms with Crippen LogP contribution < -0.4 is 75.8 Å². The van der Waals surface area contributed by atoms with Gasteiger partial charge in [-0.15, -0.1) is 0 Å². The summed E-state index contributed by atoms with van der Waals surface area (Å²) in [6.07, 6.45) is 0.311. The van der Waals surface area contributed by atoms with Crippen LogP contribution in [0.2, 0.25) is 0 Å². The van der Waals surface area contributed by atoms with E-state index in [0.717, 1.165) is 0 Å². The van der Waals surface area contributed by atoms with Crippen LogP contribution in [0.1, 0.15) is 12.8 Å². The van der Waals surface area contributed by atoms with Crippen molar-refractivity contribution in [2.45, 2.75) is 12.8 Å². The molecule has 0 spiro atoms.